The van der Waals surface area contributed by atoms with Crippen LogP contribution in [0.2, 0.25) is 5.02 Å². The minimum Gasteiger partial charge on any atom is -0.495 e. The van der Waals surface area contributed by atoms with Gasteiger partial charge in [-0.05, 0) is 49.1 Å². The maximum absolute atomic E-state index is 6.25. The summed E-state index contributed by atoms with van der Waals surface area (Å²) in [6, 6.07) is 26.3. The van der Waals surface area contributed by atoms with Gasteiger partial charge < -0.3 is 4.74 Å². The molecule has 164 valence electrons. The third kappa shape index (κ3) is 5.53. The summed E-state index contributed by atoms with van der Waals surface area (Å²) in [7, 11) is 1.68. The van der Waals surface area contributed by atoms with Gasteiger partial charge in [-0.2, -0.15) is 0 Å². The Bertz CT molecular complexity index is 1150. The van der Waals surface area contributed by atoms with Gasteiger partial charge >= 0.3 is 0 Å². The number of hydrogen-bond donors (Lipinski definition) is 0. The Morgan fingerprint density at radius 3 is 2.50 bits per heavy atom. The van der Waals surface area contributed by atoms with Gasteiger partial charge in [0.25, 0.3) is 0 Å². The summed E-state index contributed by atoms with van der Waals surface area (Å²) in [6.45, 7) is 0. The first kappa shape index (κ1) is 22.4. The molecule has 0 N–H and O–H groups in total. The highest BCUT2D eigenvalue weighted by molar-refractivity contribution is 7.99. The van der Waals surface area contributed by atoms with Gasteiger partial charge in [-0.3, -0.25) is 4.57 Å². The van der Waals surface area contributed by atoms with Crippen molar-refractivity contribution >= 4 is 23.4 Å². The lowest BCUT2D eigenvalue weighted by Crippen LogP contribution is -2.02. The zero-order valence-electron chi connectivity index (χ0n) is 18.1. The van der Waals surface area contributed by atoms with Gasteiger partial charge in [0.1, 0.15) is 5.75 Å². The van der Waals surface area contributed by atoms with Crippen LogP contribution in [0.1, 0.15) is 24.8 Å². The maximum atomic E-state index is 6.25. The van der Waals surface area contributed by atoms with Crippen molar-refractivity contribution in [1.29, 1.82) is 0 Å². The van der Waals surface area contributed by atoms with Gasteiger partial charge in [-0.1, -0.05) is 84.4 Å². The molecule has 0 amide bonds. The third-order valence-corrected chi connectivity index (χ3v) is 6.48. The van der Waals surface area contributed by atoms with Crippen molar-refractivity contribution in [2.45, 2.75) is 30.8 Å². The first-order valence-corrected chi connectivity index (χ1v) is 12.1. The Labute approximate surface area is 198 Å². The van der Waals surface area contributed by atoms with Crippen LogP contribution in [0.25, 0.3) is 17.1 Å². The molecule has 0 saturated carbocycles. The molecule has 4 rings (SSSR count). The first-order chi connectivity index (χ1) is 15.8. The average molecular weight is 464 g/mol. The summed E-state index contributed by atoms with van der Waals surface area (Å²) in [5.41, 5.74) is 3.24. The Balaban J connectivity index is 1.49. The number of ether oxygens (including phenoxy) is 1. The van der Waals surface area contributed by atoms with Crippen molar-refractivity contribution in [1.82, 2.24) is 14.8 Å². The molecular formula is C26H26ClN3OS. The number of thioether (sulfide) groups is 1. The smallest absolute Gasteiger partial charge is 0.196 e. The molecule has 3 aromatic carbocycles. The zero-order chi connectivity index (χ0) is 22.2. The standard InChI is InChI=1S/C26H26ClN3OS/c1-31-24-17-8-7-16-23(24)30-25(21-14-10-15-22(27)19-21)28-29-26(30)32-18-9-3-6-13-20-11-4-2-5-12-20/h2,4-5,7-8,10-12,14-17,19H,3,6,9,13,18H2,1H3. The zero-order valence-corrected chi connectivity index (χ0v) is 19.6. The fraction of sp³-hybridized carbons (Fsp3) is 0.231. The summed E-state index contributed by atoms with van der Waals surface area (Å²) in [5, 5.41) is 10.6. The Hall–Kier alpha value is -2.76. The van der Waals surface area contributed by atoms with Gasteiger partial charge in [-0.15, -0.1) is 10.2 Å². The van der Waals surface area contributed by atoms with Gasteiger partial charge in [0.05, 0.1) is 12.8 Å². The maximum Gasteiger partial charge on any atom is 0.196 e. The number of methoxy groups -OCH3 is 1. The fourth-order valence-corrected chi connectivity index (χ4v) is 4.76. The van der Waals surface area contributed by atoms with Crippen LogP contribution in [0.3, 0.4) is 0 Å². The van der Waals surface area contributed by atoms with Crippen LogP contribution < -0.4 is 4.74 Å². The van der Waals surface area contributed by atoms with Crippen molar-refractivity contribution in [3.63, 3.8) is 0 Å². The van der Waals surface area contributed by atoms with Crippen molar-refractivity contribution in [2.75, 3.05) is 12.9 Å². The van der Waals surface area contributed by atoms with Crippen molar-refractivity contribution < 1.29 is 4.74 Å². The quantitative estimate of drug-likeness (QED) is 0.186. The largest absolute Gasteiger partial charge is 0.495 e. The molecule has 4 aromatic rings. The molecule has 0 atom stereocenters. The highest BCUT2D eigenvalue weighted by Crippen LogP contribution is 2.33. The first-order valence-electron chi connectivity index (χ1n) is 10.8. The number of benzene rings is 3. The minimum atomic E-state index is 0.671. The van der Waals surface area contributed by atoms with E-state index in [9.17, 15) is 0 Å². The van der Waals surface area contributed by atoms with Crippen molar-refractivity contribution in [2.24, 2.45) is 0 Å². The average Bonchev–Trinajstić information content (AvgIpc) is 3.25. The molecule has 0 aliphatic heterocycles. The van der Waals surface area contributed by atoms with Crippen molar-refractivity contribution in [3.8, 4) is 22.8 Å². The second-order valence-corrected chi connectivity index (χ2v) is 8.97. The molecule has 1 aromatic heterocycles. The molecule has 32 heavy (non-hydrogen) atoms. The molecule has 1 heterocycles. The summed E-state index contributed by atoms with van der Waals surface area (Å²) in [4.78, 5) is 0. The van der Waals surface area contributed by atoms with Crippen LogP contribution in [0, 0.1) is 0 Å². The number of rotatable bonds is 10. The highest BCUT2D eigenvalue weighted by Gasteiger charge is 2.19. The summed E-state index contributed by atoms with van der Waals surface area (Å²) in [6.07, 6.45) is 4.63. The molecule has 0 spiro atoms. The van der Waals surface area contributed by atoms with Crippen LogP contribution >= 0.6 is 23.4 Å². The van der Waals surface area contributed by atoms with Gasteiger partial charge in [0.15, 0.2) is 11.0 Å². The third-order valence-electron chi connectivity index (χ3n) is 5.23. The number of nitrogens with zero attached hydrogens (tertiary/aromatic N) is 3. The predicted octanol–water partition coefficient (Wildman–Crippen LogP) is 7.10. The van der Waals surface area contributed by atoms with E-state index in [1.54, 1.807) is 18.9 Å². The van der Waals surface area contributed by atoms with E-state index in [0.29, 0.717) is 5.02 Å². The SMILES string of the molecule is COc1ccccc1-n1c(SCCCCCc2ccccc2)nnc1-c1cccc(Cl)c1. The van der Waals surface area contributed by atoms with E-state index in [4.69, 9.17) is 16.3 Å². The normalized spacial score (nSPS) is 10.9. The minimum absolute atomic E-state index is 0.671. The monoisotopic (exact) mass is 463 g/mol. The molecule has 0 fully saturated rings. The molecule has 4 nitrogen and oxygen atoms in total. The van der Waals surface area contributed by atoms with E-state index in [1.807, 2.05) is 48.5 Å². The van der Waals surface area contributed by atoms with Crippen molar-refractivity contribution in [3.05, 3.63) is 89.4 Å². The number of aromatic nitrogens is 3. The number of para-hydroxylation sites is 2. The lowest BCUT2D eigenvalue weighted by Gasteiger charge is -2.14. The highest BCUT2D eigenvalue weighted by atomic mass is 35.5. The topological polar surface area (TPSA) is 39.9 Å². The van der Waals surface area contributed by atoms with E-state index in [0.717, 1.165) is 46.6 Å². The number of hydrogen-bond acceptors (Lipinski definition) is 4. The van der Waals surface area contributed by atoms with Crippen LogP contribution in [0.4, 0.5) is 0 Å². The van der Waals surface area contributed by atoms with E-state index in [2.05, 4.69) is 45.1 Å². The lowest BCUT2D eigenvalue weighted by molar-refractivity contribution is 0.412. The molecular weight excluding hydrogens is 438 g/mol. The molecule has 0 radical (unpaired) electrons. The van der Waals surface area contributed by atoms with Gasteiger partial charge in [0.2, 0.25) is 0 Å². The molecule has 0 saturated heterocycles. The van der Waals surface area contributed by atoms with E-state index >= 15 is 0 Å². The Kier molecular flexibility index (Phi) is 7.86. The number of halogens is 1. The number of aryl methyl sites for hydroxylation is 1. The predicted molar refractivity (Wildman–Crippen MR) is 133 cm³/mol. The summed E-state index contributed by atoms with van der Waals surface area (Å²) >= 11 is 7.98. The molecule has 6 heteroatoms. The molecule has 0 unspecified atom stereocenters. The van der Waals surface area contributed by atoms with E-state index in [1.165, 1.54) is 18.4 Å². The Morgan fingerprint density at radius 1 is 0.875 bits per heavy atom. The second-order valence-electron chi connectivity index (χ2n) is 7.47. The van der Waals surface area contributed by atoms with Crippen LogP contribution in [0.15, 0.2) is 84.0 Å². The lowest BCUT2D eigenvalue weighted by atomic mass is 10.1. The molecule has 0 bridgehead atoms. The van der Waals surface area contributed by atoms with E-state index < -0.39 is 0 Å². The van der Waals surface area contributed by atoms with E-state index in [-0.39, 0.29) is 0 Å². The Morgan fingerprint density at radius 2 is 1.69 bits per heavy atom. The van der Waals surface area contributed by atoms with Crippen LogP contribution in [0.5, 0.6) is 5.75 Å². The second kappa shape index (κ2) is 11.2. The van der Waals surface area contributed by atoms with Crippen LogP contribution in [-0.4, -0.2) is 27.6 Å². The molecule has 0 aliphatic carbocycles. The molecule has 0 aliphatic rings. The van der Waals surface area contributed by atoms with Gasteiger partial charge in [0, 0.05) is 16.3 Å². The van der Waals surface area contributed by atoms with Crippen LogP contribution in [-0.2, 0) is 6.42 Å². The summed E-state index contributed by atoms with van der Waals surface area (Å²) in [5.74, 6) is 2.52. The van der Waals surface area contributed by atoms with Gasteiger partial charge in [-0.25, -0.2) is 0 Å². The summed E-state index contributed by atoms with van der Waals surface area (Å²) < 4.78 is 7.70. The number of unbranched alkanes of at least 4 members (excludes halogenated alkanes) is 2. The fourth-order valence-electron chi connectivity index (χ4n) is 3.63.